The molecule has 3 atom stereocenters. The molecule has 0 spiro atoms. The fraction of sp³-hybridized carbons (Fsp3) is 0.123. The highest BCUT2D eigenvalue weighted by Gasteiger charge is 2.38. The molecule has 1 aliphatic heterocycles. The van der Waals surface area contributed by atoms with Gasteiger partial charge in [0.05, 0.1) is 6.04 Å². The summed E-state index contributed by atoms with van der Waals surface area (Å²) in [7, 11) is 0. The van der Waals surface area contributed by atoms with E-state index in [9.17, 15) is 0 Å². The van der Waals surface area contributed by atoms with Crippen LogP contribution in [0.2, 0.25) is 0 Å². The Labute approximate surface area is 345 Å². The minimum absolute atomic E-state index is 0.211. The normalized spacial score (nSPS) is 19.2. The fourth-order valence-electron chi connectivity index (χ4n) is 10.7. The lowest BCUT2D eigenvalue weighted by atomic mass is 9.73. The molecule has 0 amide bonds. The zero-order valence-corrected chi connectivity index (χ0v) is 33.1. The highest BCUT2D eigenvalue weighted by atomic mass is 16.3. The van der Waals surface area contributed by atoms with Crippen molar-refractivity contribution in [1.82, 2.24) is 0 Å². The van der Waals surface area contributed by atoms with E-state index in [0.29, 0.717) is 11.8 Å². The largest absolute Gasteiger partial charge is 0.455 e. The van der Waals surface area contributed by atoms with Gasteiger partial charge in [-0.1, -0.05) is 171 Å². The molecule has 4 aliphatic rings. The monoisotopic (exact) mass is 757 g/mol. The number of nitrogens with zero attached hydrogens (tertiary/aromatic N) is 1. The van der Waals surface area contributed by atoms with Gasteiger partial charge in [0.1, 0.15) is 11.2 Å². The summed E-state index contributed by atoms with van der Waals surface area (Å²) in [5.41, 5.74) is 19.1. The highest BCUT2D eigenvalue weighted by Crippen LogP contribution is 2.52. The summed E-state index contributed by atoms with van der Waals surface area (Å²) < 4.78 is 6.51. The van der Waals surface area contributed by atoms with E-state index in [-0.39, 0.29) is 6.04 Å². The van der Waals surface area contributed by atoms with Gasteiger partial charge in [0.15, 0.2) is 0 Å². The molecule has 0 bridgehead atoms. The van der Waals surface area contributed by atoms with Crippen molar-refractivity contribution in [3.63, 3.8) is 0 Å². The molecule has 12 rings (SSSR count). The lowest BCUT2D eigenvalue weighted by molar-refractivity contribution is 0.670. The Morgan fingerprint density at radius 3 is 2.19 bits per heavy atom. The van der Waals surface area contributed by atoms with Crippen LogP contribution in [0.15, 0.2) is 186 Å². The van der Waals surface area contributed by atoms with Crippen LogP contribution in [0.25, 0.3) is 72.2 Å². The quantitative estimate of drug-likeness (QED) is 0.174. The zero-order chi connectivity index (χ0) is 39.0. The smallest absolute Gasteiger partial charge is 0.143 e. The molecular weight excluding hydrogens is 715 g/mol. The first-order valence-electron chi connectivity index (χ1n) is 21.2. The average molecular weight is 758 g/mol. The maximum Gasteiger partial charge on any atom is 0.143 e. The third-order valence-corrected chi connectivity index (χ3v) is 13.3. The topological polar surface area (TPSA) is 16.4 Å². The van der Waals surface area contributed by atoms with Gasteiger partial charge in [-0.05, 0) is 116 Å². The van der Waals surface area contributed by atoms with E-state index >= 15 is 0 Å². The van der Waals surface area contributed by atoms with Crippen LogP contribution in [0.3, 0.4) is 0 Å². The van der Waals surface area contributed by atoms with Crippen LogP contribution < -0.4 is 4.90 Å². The van der Waals surface area contributed by atoms with Gasteiger partial charge in [0, 0.05) is 33.6 Å². The number of rotatable bonds is 5. The third-order valence-electron chi connectivity index (χ3n) is 13.3. The van der Waals surface area contributed by atoms with Crippen molar-refractivity contribution in [2.24, 2.45) is 0 Å². The number of anilines is 2. The molecular formula is C57H43NO. The first-order valence-corrected chi connectivity index (χ1v) is 21.2. The highest BCUT2D eigenvalue weighted by molar-refractivity contribution is 6.11. The van der Waals surface area contributed by atoms with Gasteiger partial charge in [-0.15, -0.1) is 0 Å². The maximum absolute atomic E-state index is 6.51. The molecule has 0 fully saturated rings. The Bertz CT molecular complexity index is 3150. The lowest BCUT2D eigenvalue weighted by Gasteiger charge is -2.31. The summed E-state index contributed by atoms with van der Waals surface area (Å²) >= 11 is 0. The standard InChI is InChI=1S/C57H43NO/c1-36-33-41(34-50-54(36)56(39-17-6-3-7-18-39)48-22-9-8-21-47(48)55(50)38-15-4-2-5-16-38)37-27-30-42(31-28-37)58-51-25-12-10-19-44(51)45-32-29-40(35-52(45)58)43-23-14-24-49-46-20-11-13-26-53(46)59-57(43)49/h2-6,8-17,19-32,34-36,44,51H,7,18,33H2,1H3. The molecule has 59 heavy (non-hydrogen) atoms. The van der Waals surface area contributed by atoms with Gasteiger partial charge in [-0.3, -0.25) is 0 Å². The van der Waals surface area contributed by atoms with Crippen LogP contribution in [0, 0.1) is 0 Å². The Balaban J connectivity index is 0.976. The Hall–Kier alpha value is -6.90. The summed E-state index contributed by atoms with van der Waals surface area (Å²) in [6.45, 7) is 2.44. The van der Waals surface area contributed by atoms with Crippen molar-refractivity contribution in [1.29, 1.82) is 0 Å². The molecule has 0 saturated heterocycles. The maximum atomic E-state index is 6.51. The van der Waals surface area contributed by atoms with E-state index in [0.717, 1.165) is 46.8 Å². The molecule has 282 valence electrons. The van der Waals surface area contributed by atoms with Crippen LogP contribution in [0.5, 0.6) is 0 Å². The summed E-state index contributed by atoms with van der Waals surface area (Å²) in [5.74, 6) is 0.651. The van der Waals surface area contributed by atoms with Crippen molar-refractivity contribution < 1.29 is 4.42 Å². The van der Waals surface area contributed by atoms with Crippen molar-refractivity contribution in [3.8, 4) is 22.3 Å². The first kappa shape index (κ1) is 34.2. The summed E-state index contributed by atoms with van der Waals surface area (Å²) in [5, 5.41) is 5.01. The van der Waals surface area contributed by atoms with Crippen molar-refractivity contribution in [2.75, 3.05) is 4.90 Å². The number of hydrogen-bond acceptors (Lipinski definition) is 2. The van der Waals surface area contributed by atoms with E-state index in [1.165, 1.54) is 77.8 Å². The Morgan fingerprint density at radius 2 is 1.36 bits per heavy atom. The van der Waals surface area contributed by atoms with E-state index in [4.69, 9.17) is 4.42 Å². The van der Waals surface area contributed by atoms with E-state index in [1.54, 1.807) is 0 Å². The second-order valence-corrected chi connectivity index (χ2v) is 16.7. The number of fused-ring (bicyclic) bond motifs is 8. The molecule has 3 unspecified atom stereocenters. The van der Waals surface area contributed by atoms with Gasteiger partial charge >= 0.3 is 0 Å². The van der Waals surface area contributed by atoms with Crippen molar-refractivity contribution >= 4 is 61.3 Å². The van der Waals surface area contributed by atoms with Crippen LogP contribution in [0.1, 0.15) is 65.8 Å². The number of benzene rings is 7. The van der Waals surface area contributed by atoms with E-state index < -0.39 is 0 Å². The molecule has 2 heterocycles. The molecule has 0 radical (unpaired) electrons. The molecule has 0 N–H and O–H groups in total. The lowest BCUT2D eigenvalue weighted by Crippen LogP contribution is -2.28. The first-order chi connectivity index (χ1) is 29.2. The summed E-state index contributed by atoms with van der Waals surface area (Å²) in [6.07, 6.45) is 21.7. The zero-order valence-electron chi connectivity index (χ0n) is 33.1. The van der Waals surface area contributed by atoms with Crippen molar-refractivity contribution in [3.05, 3.63) is 210 Å². The third kappa shape index (κ3) is 5.40. The fourth-order valence-corrected chi connectivity index (χ4v) is 10.7. The molecule has 7 aromatic carbocycles. The number of para-hydroxylation sites is 2. The van der Waals surface area contributed by atoms with Crippen LogP contribution in [0.4, 0.5) is 11.4 Å². The average Bonchev–Trinajstić information content (AvgIpc) is 3.84. The predicted molar refractivity (Wildman–Crippen MR) is 249 cm³/mol. The minimum Gasteiger partial charge on any atom is -0.455 e. The van der Waals surface area contributed by atoms with Crippen LogP contribution >= 0.6 is 0 Å². The van der Waals surface area contributed by atoms with Gasteiger partial charge in [-0.25, -0.2) is 0 Å². The predicted octanol–water partition coefficient (Wildman–Crippen LogP) is 15.6. The van der Waals surface area contributed by atoms with Gasteiger partial charge in [0.25, 0.3) is 0 Å². The van der Waals surface area contributed by atoms with Gasteiger partial charge < -0.3 is 9.32 Å². The molecule has 8 aromatic rings. The number of allylic oxidation sites excluding steroid dienone is 7. The van der Waals surface area contributed by atoms with Crippen LogP contribution in [-0.2, 0) is 0 Å². The number of hydrogen-bond donors (Lipinski definition) is 0. The number of furan rings is 1. The minimum atomic E-state index is 0.211. The van der Waals surface area contributed by atoms with Gasteiger partial charge in [0.2, 0.25) is 0 Å². The SMILES string of the molecule is CC1CC(c2ccc(N3c4cc(-c5cccc6c5oc5ccccc56)ccc4C4C=CC=CC43)cc2)=Cc2c1c(C1=CC=CCC1)c1ccccc1c2-c1ccccc1. The summed E-state index contributed by atoms with van der Waals surface area (Å²) in [6, 6.07) is 51.7. The molecule has 0 saturated carbocycles. The second-order valence-electron chi connectivity index (χ2n) is 16.7. The Morgan fingerprint density at radius 1 is 0.610 bits per heavy atom. The summed E-state index contributed by atoms with van der Waals surface area (Å²) in [4.78, 5) is 2.55. The second kappa shape index (κ2) is 13.6. The van der Waals surface area contributed by atoms with Crippen molar-refractivity contribution in [2.45, 2.75) is 44.1 Å². The molecule has 1 aromatic heterocycles. The molecule has 2 heteroatoms. The molecule has 3 aliphatic carbocycles. The Kier molecular flexibility index (Phi) is 7.88. The van der Waals surface area contributed by atoms with E-state index in [1.807, 2.05) is 6.07 Å². The van der Waals surface area contributed by atoms with E-state index in [2.05, 4.69) is 194 Å². The van der Waals surface area contributed by atoms with Gasteiger partial charge in [-0.2, -0.15) is 0 Å². The molecule has 2 nitrogen and oxygen atoms in total. The van der Waals surface area contributed by atoms with Crippen LogP contribution in [-0.4, -0.2) is 6.04 Å².